The predicted octanol–water partition coefficient (Wildman–Crippen LogP) is 6.38. The third-order valence-electron chi connectivity index (χ3n) is 7.03. The molecule has 4 rings (SSSR count). The number of carbonyl (C=O) groups excluding carboxylic acids is 1. The number of rotatable bonds is 8. The molecule has 0 saturated carbocycles. The van der Waals surface area contributed by atoms with E-state index in [2.05, 4.69) is 42.8 Å². The van der Waals surface area contributed by atoms with Gasteiger partial charge in [-0.15, -0.1) is 0 Å². The van der Waals surface area contributed by atoms with E-state index in [0.717, 1.165) is 74.3 Å². The number of fused-ring (bicyclic) bond motifs is 3. The maximum Gasteiger partial charge on any atom is 0.239 e. The molecule has 1 heterocycles. The minimum atomic E-state index is -0.0976. The van der Waals surface area contributed by atoms with Gasteiger partial charge in [0.05, 0.1) is 31.8 Å². The molecule has 1 fully saturated rings. The van der Waals surface area contributed by atoms with Crippen LogP contribution in [-0.2, 0) is 11.3 Å². The molecule has 0 aliphatic carbocycles. The Morgan fingerprint density at radius 2 is 1.57 bits per heavy atom. The van der Waals surface area contributed by atoms with Crippen LogP contribution >= 0.6 is 31.9 Å². The molecule has 1 saturated heterocycles. The Labute approximate surface area is 223 Å². The largest absolute Gasteiger partial charge is 0.496 e. The van der Waals surface area contributed by atoms with Crippen LogP contribution in [0.15, 0.2) is 33.2 Å². The standard InChI is InChI=1S/C27H32Br2N2O4/c1-6-30(7-2)27(32)20-9-8-12-31(20)15-19-16-10-11-21(33-3)26(29)24(16)17-13-22(34-4)23(35-5)14-18(17)25(19)28/h10-11,13-14,20H,6-9,12,15H2,1-5H3/t20-/m1/s1. The highest BCUT2D eigenvalue weighted by atomic mass is 79.9. The molecule has 0 spiro atoms. The second-order valence-electron chi connectivity index (χ2n) is 8.69. The van der Waals surface area contributed by atoms with E-state index in [1.165, 1.54) is 0 Å². The Hall–Kier alpha value is -2.03. The van der Waals surface area contributed by atoms with Gasteiger partial charge in [0, 0.05) is 34.9 Å². The highest BCUT2D eigenvalue weighted by Crippen LogP contribution is 2.46. The topological polar surface area (TPSA) is 51.2 Å². The molecular weight excluding hydrogens is 576 g/mol. The first-order chi connectivity index (χ1) is 16.9. The van der Waals surface area contributed by atoms with Gasteiger partial charge in [0.1, 0.15) is 5.75 Å². The van der Waals surface area contributed by atoms with Crippen molar-refractivity contribution in [3.05, 3.63) is 38.8 Å². The summed E-state index contributed by atoms with van der Waals surface area (Å²) in [7, 11) is 4.96. The highest BCUT2D eigenvalue weighted by Gasteiger charge is 2.34. The fraction of sp³-hybridized carbons (Fsp3) is 0.444. The van der Waals surface area contributed by atoms with Crippen LogP contribution in [0.2, 0.25) is 0 Å². The molecule has 1 aliphatic heterocycles. The number of hydrogen-bond donors (Lipinski definition) is 0. The Morgan fingerprint density at radius 1 is 0.943 bits per heavy atom. The van der Waals surface area contributed by atoms with Gasteiger partial charge in [-0.25, -0.2) is 0 Å². The Morgan fingerprint density at radius 3 is 2.17 bits per heavy atom. The van der Waals surface area contributed by atoms with Crippen LogP contribution in [0.5, 0.6) is 17.2 Å². The molecule has 6 nitrogen and oxygen atoms in total. The zero-order chi connectivity index (χ0) is 25.3. The quantitative estimate of drug-likeness (QED) is 0.278. The fourth-order valence-electron chi connectivity index (χ4n) is 5.18. The van der Waals surface area contributed by atoms with Crippen molar-refractivity contribution in [3.8, 4) is 17.2 Å². The van der Waals surface area contributed by atoms with Crippen molar-refractivity contribution in [2.75, 3.05) is 41.0 Å². The summed E-state index contributed by atoms with van der Waals surface area (Å²) in [5, 5.41) is 4.19. The number of methoxy groups -OCH3 is 3. The number of amides is 1. The number of hydrogen-bond acceptors (Lipinski definition) is 5. The zero-order valence-electron chi connectivity index (χ0n) is 20.9. The molecule has 0 bridgehead atoms. The number of ether oxygens (including phenoxy) is 3. The van der Waals surface area contributed by atoms with Crippen molar-refractivity contribution >= 4 is 59.3 Å². The smallest absolute Gasteiger partial charge is 0.239 e. The van der Waals surface area contributed by atoms with Gasteiger partial charge in [-0.2, -0.15) is 0 Å². The van der Waals surface area contributed by atoms with Crippen molar-refractivity contribution in [2.45, 2.75) is 39.3 Å². The summed E-state index contributed by atoms with van der Waals surface area (Å²) in [4.78, 5) is 17.5. The first-order valence-corrected chi connectivity index (χ1v) is 13.5. The van der Waals surface area contributed by atoms with E-state index in [1.807, 2.05) is 36.9 Å². The molecule has 8 heteroatoms. The van der Waals surface area contributed by atoms with Crippen LogP contribution in [0.4, 0.5) is 0 Å². The van der Waals surface area contributed by atoms with Crippen LogP contribution in [0.25, 0.3) is 21.5 Å². The fourth-order valence-corrected chi connectivity index (χ4v) is 6.56. The van der Waals surface area contributed by atoms with Crippen molar-refractivity contribution in [1.82, 2.24) is 9.80 Å². The first kappa shape index (κ1) is 26.0. The van der Waals surface area contributed by atoms with Crippen molar-refractivity contribution in [3.63, 3.8) is 0 Å². The minimum Gasteiger partial charge on any atom is -0.496 e. The molecule has 3 aromatic rings. The highest BCUT2D eigenvalue weighted by molar-refractivity contribution is 9.11. The lowest BCUT2D eigenvalue weighted by molar-refractivity contribution is -0.135. The molecule has 3 aromatic carbocycles. The summed E-state index contributed by atoms with van der Waals surface area (Å²) in [6, 6.07) is 8.01. The summed E-state index contributed by atoms with van der Waals surface area (Å²) in [5.41, 5.74) is 1.14. The third kappa shape index (κ3) is 4.60. The maximum absolute atomic E-state index is 13.3. The second kappa shape index (κ2) is 10.9. The lowest BCUT2D eigenvalue weighted by Crippen LogP contribution is -2.45. The Kier molecular flexibility index (Phi) is 8.13. The molecular formula is C27H32Br2N2O4. The van der Waals surface area contributed by atoms with Crippen LogP contribution < -0.4 is 14.2 Å². The molecule has 0 aromatic heterocycles. The Bertz CT molecular complexity index is 1260. The van der Waals surface area contributed by atoms with E-state index in [9.17, 15) is 4.79 Å². The molecule has 0 radical (unpaired) electrons. The van der Waals surface area contributed by atoms with E-state index in [-0.39, 0.29) is 11.9 Å². The zero-order valence-corrected chi connectivity index (χ0v) is 24.1. The molecule has 1 aliphatic rings. The van der Waals surface area contributed by atoms with Crippen molar-refractivity contribution in [1.29, 1.82) is 0 Å². The molecule has 1 atom stereocenters. The predicted molar refractivity (Wildman–Crippen MR) is 148 cm³/mol. The Balaban J connectivity index is 1.93. The summed E-state index contributed by atoms with van der Waals surface area (Å²) in [5.74, 6) is 2.32. The third-order valence-corrected chi connectivity index (χ3v) is 8.72. The number of likely N-dealkylation sites (tertiary alicyclic amines) is 1. The normalized spacial score (nSPS) is 16.1. The minimum absolute atomic E-state index is 0.0976. The monoisotopic (exact) mass is 606 g/mol. The van der Waals surface area contributed by atoms with Crippen LogP contribution in [-0.4, -0.2) is 62.7 Å². The average molecular weight is 608 g/mol. The van der Waals surface area contributed by atoms with Crippen molar-refractivity contribution < 1.29 is 19.0 Å². The van der Waals surface area contributed by atoms with Gasteiger partial charge < -0.3 is 19.1 Å². The van der Waals surface area contributed by atoms with Crippen LogP contribution in [0, 0.1) is 0 Å². The van der Waals surface area contributed by atoms with E-state index >= 15 is 0 Å². The molecule has 35 heavy (non-hydrogen) atoms. The summed E-state index contributed by atoms with van der Waals surface area (Å²) in [6.45, 7) is 7.11. The van der Waals surface area contributed by atoms with E-state index in [0.29, 0.717) is 18.0 Å². The van der Waals surface area contributed by atoms with E-state index < -0.39 is 0 Å². The van der Waals surface area contributed by atoms with Crippen molar-refractivity contribution in [2.24, 2.45) is 0 Å². The van der Waals surface area contributed by atoms with Crippen LogP contribution in [0.3, 0.4) is 0 Å². The molecule has 1 amide bonds. The maximum atomic E-state index is 13.3. The number of carbonyl (C=O) groups is 1. The summed E-state index contributed by atoms with van der Waals surface area (Å²) < 4.78 is 18.8. The van der Waals surface area contributed by atoms with Gasteiger partial charge in [0.25, 0.3) is 0 Å². The van der Waals surface area contributed by atoms with E-state index in [4.69, 9.17) is 14.2 Å². The molecule has 0 N–H and O–H groups in total. The number of nitrogens with zero attached hydrogens (tertiary/aromatic N) is 2. The SMILES string of the molecule is CCN(CC)C(=O)[C@H]1CCCN1Cc1c(Br)c2cc(OC)c(OC)cc2c2c(Br)c(OC)ccc12. The molecule has 188 valence electrons. The lowest BCUT2D eigenvalue weighted by atomic mass is 9.95. The van der Waals surface area contributed by atoms with Gasteiger partial charge in [-0.1, -0.05) is 6.07 Å². The van der Waals surface area contributed by atoms with E-state index in [1.54, 1.807) is 21.3 Å². The van der Waals surface area contributed by atoms with Gasteiger partial charge >= 0.3 is 0 Å². The molecule has 0 unspecified atom stereocenters. The number of benzene rings is 3. The van der Waals surface area contributed by atoms with Gasteiger partial charge in [0.2, 0.25) is 5.91 Å². The summed E-state index contributed by atoms with van der Waals surface area (Å²) >= 11 is 7.73. The number of likely N-dealkylation sites (N-methyl/N-ethyl adjacent to an activating group) is 1. The van der Waals surface area contributed by atoms with Gasteiger partial charge in [0.15, 0.2) is 11.5 Å². The summed E-state index contributed by atoms with van der Waals surface area (Å²) in [6.07, 6.45) is 1.91. The second-order valence-corrected chi connectivity index (χ2v) is 10.3. The van der Waals surface area contributed by atoms with Crippen LogP contribution in [0.1, 0.15) is 32.3 Å². The average Bonchev–Trinajstić information content (AvgIpc) is 3.34. The first-order valence-electron chi connectivity index (χ1n) is 11.9. The number of halogens is 2. The van der Waals surface area contributed by atoms with Gasteiger partial charge in [-0.05, 0) is 99.6 Å². The van der Waals surface area contributed by atoms with Gasteiger partial charge in [-0.3, -0.25) is 9.69 Å². The lowest BCUT2D eigenvalue weighted by Gasteiger charge is -2.30.